The second-order valence-corrected chi connectivity index (χ2v) is 5.96. The van der Waals surface area contributed by atoms with E-state index in [-0.39, 0.29) is 11.9 Å². The number of rotatable bonds is 8. The molecule has 118 valence electrons. The second kappa shape index (κ2) is 9.35. The summed E-state index contributed by atoms with van der Waals surface area (Å²) in [7, 11) is 0. The van der Waals surface area contributed by atoms with Gasteiger partial charge >= 0.3 is 0 Å². The van der Waals surface area contributed by atoms with Gasteiger partial charge in [-0.2, -0.15) is 0 Å². The third-order valence-electron chi connectivity index (χ3n) is 4.47. The number of nitrogens with one attached hydrogen (secondary N) is 2. The molecule has 0 aliphatic carbocycles. The summed E-state index contributed by atoms with van der Waals surface area (Å²) in [5, 5.41) is 6.75. The zero-order valence-electron chi connectivity index (χ0n) is 13.7. The Hall–Kier alpha value is -0.610. The molecule has 0 aromatic carbocycles. The van der Waals surface area contributed by atoms with Crippen LogP contribution in [-0.4, -0.2) is 48.6 Å². The van der Waals surface area contributed by atoms with Crippen LogP contribution in [0.3, 0.4) is 0 Å². The first kappa shape index (κ1) is 17.4. The highest BCUT2D eigenvalue weighted by Crippen LogP contribution is 2.13. The Kier molecular flexibility index (Phi) is 8.15. The molecule has 1 aliphatic rings. The lowest BCUT2D eigenvalue weighted by Gasteiger charge is -2.36. The third kappa shape index (κ3) is 5.41. The van der Waals surface area contributed by atoms with Gasteiger partial charge in [0.15, 0.2) is 0 Å². The Morgan fingerprint density at radius 3 is 2.30 bits per heavy atom. The number of carbonyl (C=O) groups is 1. The Balaban J connectivity index is 2.34. The number of carbonyl (C=O) groups excluding carboxylic acids is 1. The van der Waals surface area contributed by atoms with Crippen molar-refractivity contribution in [2.45, 2.75) is 77.9 Å². The van der Waals surface area contributed by atoms with Gasteiger partial charge < -0.3 is 10.6 Å². The predicted molar refractivity (Wildman–Crippen MR) is 84.9 cm³/mol. The molecule has 20 heavy (non-hydrogen) atoms. The van der Waals surface area contributed by atoms with Gasteiger partial charge in [-0.25, -0.2) is 0 Å². The lowest BCUT2D eigenvalue weighted by atomic mass is 10.0. The Morgan fingerprint density at radius 2 is 1.80 bits per heavy atom. The maximum atomic E-state index is 12.3. The largest absolute Gasteiger partial charge is 0.352 e. The van der Waals surface area contributed by atoms with E-state index in [4.69, 9.17) is 0 Å². The average Bonchev–Trinajstić information content (AvgIpc) is 2.50. The van der Waals surface area contributed by atoms with Crippen LogP contribution in [0.25, 0.3) is 0 Å². The topological polar surface area (TPSA) is 44.4 Å². The van der Waals surface area contributed by atoms with Crippen LogP contribution in [0.1, 0.15) is 59.8 Å². The summed E-state index contributed by atoms with van der Waals surface area (Å²) >= 11 is 0. The molecular formula is C16H33N3O. The fraction of sp³-hybridized carbons (Fsp3) is 0.938. The number of likely N-dealkylation sites (tertiary alicyclic amines) is 1. The number of hydrogen-bond donors (Lipinski definition) is 2. The van der Waals surface area contributed by atoms with E-state index in [0.717, 1.165) is 45.3 Å². The van der Waals surface area contributed by atoms with Crippen LogP contribution in [0.2, 0.25) is 0 Å². The molecular weight excluding hydrogens is 250 g/mol. The standard InChI is InChI=1S/C16H33N3O/c1-5-10-17-15-8-11-19(12-9-15)13(4)16(20)18-14(6-2)7-3/h13-15,17H,5-12H2,1-4H3,(H,18,20). The van der Waals surface area contributed by atoms with Gasteiger partial charge in [-0.3, -0.25) is 9.69 Å². The molecule has 4 heteroatoms. The molecule has 1 heterocycles. The van der Waals surface area contributed by atoms with E-state index in [1.165, 1.54) is 6.42 Å². The van der Waals surface area contributed by atoms with Crippen LogP contribution in [0.5, 0.6) is 0 Å². The van der Waals surface area contributed by atoms with Crippen molar-refractivity contribution >= 4 is 5.91 Å². The van der Waals surface area contributed by atoms with E-state index in [9.17, 15) is 4.79 Å². The highest BCUT2D eigenvalue weighted by Gasteiger charge is 2.26. The Morgan fingerprint density at radius 1 is 1.20 bits per heavy atom. The first-order valence-corrected chi connectivity index (χ1v) is 8.40. The van der Waals surface area contributed by atoms with Crippen molar-refractivity contribution in [2.24, 2.45) is 0 Å². The zero-order chi connectivity index (χ0) is 15.0. The van der Waals surface area contributed by atoms with Crippen molar-refractivity contribution in [1.29, 1.82) is 0 Å². The third-order valence-corrected chi connectivity index (χ3v) is 4.47. The molecule has 1 amide bonds. The van der Waals surface area contributed by atoms with Crippen molar-refractivity contribution in [3.63, 3.8) is 0 Å². The first-order valence-electron chi connectivity index (χ1n) is 8.40. The smallest absolute Gasteiger partial charge is 0.237 e. The Bertz CT molecular complexity index is 271. The van der Waals surface area contributed by atoms with Crippen LogP contribution in [0.4, 0.5) is 0 Å². The zero-order valence-corrected chi connectivity index (χ0v) is 13.7. The molecule has 1 unspecified atom stereocenters. The molecule has 2 N–H and O–H groups in total. The normalized spacial score (nSPS) is 19.2. The van der Waals surface area contributed by atoms with E-state index < -0.39 is 0 Å². The van der Waals surface area contributed by atoms with E-state index in [0.29, 0.717) is 12.1 Å². The molecule has 1 saturated heterocycles. The van der Waals surface area contributed by atoms with Crippen LogP contribution in [-0.2, 0) is 4.79 Å². The summed E-state index contributed by atoms with van der Waals surface area (Å²) in [6.07, 6.45) is 5.52. The molecule has 0 aromatic rings. The van der Waals surface area contributed by atoms with Crippen LogP contribution >= 0.6 is 0 Å². The minimum absolute atomic E-state index is 0.00252. The summed E-state index contributed by atoms with van der Waals surface area (Å²) in [5.41, 5.74) is 0. The van der Waals surface area contributed by atoms with E-state index in [2.05, 4.69) is 36.3 Å². The summed E-state index contributed by atoms with van der Waals surface area (Å²) in [6, 6.07) is 0.969. The molecule has 0 saturated carbocycles. The lowest BCUT2D eigenvalue weighted by Crippen LogP contribution is -2.52. The Labute approximate surface area is 124 Å². The van der Waals surface area contributed by atoms with Crippen LogP contribution in [0.15, 0.2) is 0 Å². The van der Waals surface area contributed by atoms with Crippen molar-refractivity contribution in [2.75, 3.05) is 19.6 Å². The number of nitrogens with zero attached hydrogens (tertiary/aromatic N) is 1. The van der Waals surface area contributed by atoms with Gasteiger partial charge in [0.25, 0.3) is 0 Å². The first-order chi connectivity index (χ1) is 9.62. The van der Waals surface area contributed by atoms with Crippen molar-refractivity contribution < 1.29 is 4.79 Å². The van der Waals surface area contributed by atoms with Gasteiger partial charge in [0.2, 0.25) is 5.91 Å². The monoisotopic (exact) mass is 283 g/mol. The molecule has 1 fully saturated rings. The fourth-order valence-electron chi connectivity index (χ4n) is 2.82. The van der Waals surface area contributed by atoms with Gasteiger partial charge in [-0.15, -0.1) is 0 Å². The molecule has 4 nitrogen and oxygen atoms in total. The highest BCUT2D eigenvalue weighted by atomic mass is 16.2. The van der Waals surface area contributed by atoms with Gasteiger partial charge in [0, 0.05) is 25.2 Å². The van der Waals surface area contributed by atoms with E-state index in [1.807, 2.05) is 6.92 Å². The molecule has 1 rings (SSSR count). The minimum atomic E-state index is 0.00252. The summed E-state index contributed by atoms with van der Waals surface area (Å²) in [6.45, 7) is 11.7. The van der Waals surface area contributed by atoms with Crippen molar-refractivity contribution in [3.05, 3.63) is 0 Å². The molecule has 1 aliphatic heterocycles. The number of hydrogen-bond acceptors (Lipinski definition) is 3. The summed E-state index contributed by atoms with van der Waals surface area (Å²) in [4.78, 5) is 14.6. The maximum Gasteiger partial charge on any atom is 0.237 e. The van der Waals surface area contributed by atoms with Crippen LogP contribution < -0.4 is 10.6 Å². The van der Waals surface area contributed by atoms with Gasteiger partial charge in [0.05, 0.1) is 6.04 Å². The minimum Gasteiger partial charge on any atom is -0.352 e. The molecule has 0 radical (unpaired) electrons. The average molecular weight is 283 g/mol. The molecule has 1 atom stereocenters. The molecule has 0 aromatic heterocycles. The molecule has 0 spiro atoms. The number of piperidine rings is 1. The van der Waals surface area contributed by atoms with Crippen molar-refractivity contribution in [3.8, 4) is 0 Å². The van der Waals surface area contributed by atoms with Gasteiger partial charge in [0.1, 0.15) is 0 Å². The molecule has 0 bridgehead atoms. The fourth-order valence-corrected chi connectivity index (χ4v) is 2.82. The van der Waals surface area contributed by atoms with Crippen molar-refractivity contribution in [1.82, 2.24) is 15.5 Å². The highest BCUT2D eigenvalue weighted by molar-refractivity contribution is 5.81. The van der Waals surface area contributed by atoms with E-state index in [1.54, 1.807) is 0 Å². The predicted octanol–water partition coefficient (Wildman–Crippen LogP) is 2.14. The van der Waals surface area contributed by atoms with E-state index >= 15 is 0 Å². The summed E-state index contributed by atoms with van der Waals surface area (Å²) < 4.78 is 0. The second-order valence-electron chi connectivity index (χ2n) is 5.96. The van der Waals surface area contributed by atoms with Gasteiger partial charge in [-0.1, -0.05) is 20.8 Å². The van der Waals surface area contributed by atoms with Gasteiger partial charge in [-0.05, 0) is 45.6 Å². The number of amides is 1. The lowest BCUT2D eigenvalue weighted by molar-refractivity contribution is -0.127. The maximum absolute atomic E-state index is 12.3. The summed E-state index contributed by atoms with van der Waals surface area (Å²) in [5.74, 6) is 0.193. The van der Waals surface area contributed by atoms with Crippen LogP contribution in [0, 0.1) is 0 Å². The SMILES string of the molecule is CCCNC1CCN(C(C)C(=O)NC(CC)CC)CC1. The quantitative estimate of drug-likeness (QED) is 0.717.